The van der Waals surface area contributed by atoms with Crippen LogP contribution in [0, 0.1) is 17.2 Å². The molecule has 0 aromatic rings. The Morgan fingerprint density at radius 1 is 1.38 bits per heavy atom. The van der Waals surface area contributed by atoms with Crippen molar-refractivity contribution in [2.75, 3.05) is 6.54 Å². The van der Waals surface area contributed by atoms with Gasteiger partial charge in [0.15, 0.2) is 0 Å². The van der Waals surface area contributed by atoms with Gasteiger partial charge < -0.3 is 15.7 Å². The third-order valence-electron chi connectivity index (χ3n) is 2.75. The van der Waals surface area contributed by atoms with Gasteiger partial charge in [-0.3, -0.25) is 4.79 Å². The predicted molar refractivity (Wildman–Crippen MR) is 55.5 cm³/mol. The molecule has 88 valence electrons. The number of rotatable bonds is 3. The fourth-order valence-electron chi connectivity index (χ4n) is 2.03. The zero-order valence-electron chi connectivity index (χ0n) is 8.90. The number of nitrogens with zero attached hydrogens (tertiary/aromatic N) is 1. The molecule has 3 N–H and O–H groups in total. The summed E-state index contributed by atoms with van der Waals surface area (Å²) in [4.78, 5) is 22.2. The largest absolute Gasteiger partial charge is 0.465 e. The minimum Gasteiger partial charge on any atom is -0.465 e. The Morgan fingerprint density at radius 2 is 2.06 bits per heavy atom. The normalized spacial score (nSPS) is 24.2. The fraction of sp³-hybridized carbons (Fsp3) is 0.700. The molecule has 6 nitrogen and oxygen atoms in total. The van der Waals surface area contributed by atoms with Gasteiger partial charge in [-0.15, -0.1) is 0 Å². The van der Waals surface area contributed by atoms with Gasteiger partial charge in [0.2, 0.25) is 5.91 Å². The number of amides is 2. The van der Waals surface area contributed by atoms with Gasteiger partial charge in [0.25, 0.3) is 0 Å². The zero-order chi connectivity index (χ0) is 12.0. The first-order valence-electron chi connectivity index (χ1n) is 5.29. The lowest BCUT2D eigenvalue weighted by Crippen LogP contribution is -2.48. The van der Waals surface area contributed by atoms with E-state index in [2.05, 4.69) is 10.6 Å². The van der Waals surface area contributed by atoms with Crippen molar-refractivity contribution < 1.29 is 14.7 Å². The van der Waals surface area contributed by atoms with E-state index in [1.807, 2.05) is 6.07 Å². The minimum atomic E-state index is -1.11. The monoisotopic (exact) mass is 225 g/mol. The van der Waals surface area contributed by atoms with Crippen LogP contribution >= 0.6 is 0 Å². The third-order valence-corrected chi connectivity index (χ3v) is 2.75. The van der Waals surface area contributed by atoms with Crippen molar-refractivity contribution in [3.8, 4) is 6.07 Å². The highest BCUT2D eigenvalue weighted by molar-refractivity contribution is 5.80. The topological polar surface area (TPSA) is 102 Å². The summed E-state index contributed by atoms with van der Waals surface area (Å²) in [6.45, 7) is -0.0326. The van der Waals surface area contributed by atoms with Gasteiger partial charge in [-0.25, -0.2) is 4.79 Å². The number of nitrogens with one attached hydrogen (secondary N) is 2. The van der Waals surface area contributed by atoms with Gasteiger partial charge in [0, 0.05) is 6.04 Å². The van der Waals surface area contributed by atoms with E-state index in [0.29, 0.717) is 12.8 Å². The maximum Gasteiger partial charge on any atom is 0.404 e. The highest BCUT2D eigenvalue weighted by Gasteiger charge is 2.31. The van der Waals surface area contributed by atoms with E-state index in [9.17, 15) is 9.59 Å². The van der Waals surface area contributed by atoms with Crippen LogP contribution in [0.4, 0.5) is 4.79 Å². The van der Waals surface area contributed by atoms with E-state index in [1.54, 1.807) is 0 Å². The summed E-state index contributed by atoms with van der Waals surface area (Å²) in [5.41, 5.74) is 0. The number of carbonyl (C=O) groups excluding carboxylic acids is 1. The molecule has 0 unspecified atom stereocenters. The number of hydrogen-bond donors (Lipinski definition) is 3. The Balaban J connectivity index is 2.55. The van der Waals surface area contributed by atoms with Crippen LogP contribution in [-0.4, -0.2) is 29.7 Å². The van der Waals surface area contributed by atoms with E-state index in [-0.39, 0.29) is 24.4 Å². The van der Waals surface area contributed by atoms with Crippen molar-refractivity contribution in [2.45, 2.75) is 31.7 Å². The molecule has 0 aliphatic heterocycles. The Labute approximate surface area is 93.6 Å². The first-order chi connectivity index (χ1) is 7.65. The van der Waals surface area contributed by atoms with Crippen molar-refractivity contribution >= 4 is 12.0 Å². The maximum absolute atomic E-state index is 11.7. The van der Waals surface area contributed by atoms with Gasteiger partial charge in [-0.05, 0) is 12.8 Å². The smallest absolute Gasteiger partial charge is 0.404 e. The Morgan fingerprint density at radius 3 is 2.69 bits per heavy atom. The predicted octanol–water partition coefficient (Wildman–Crippen LogP) is 0.453. The summed E-state index contributed by atoms with van der Waals surface area (Å²) in [5.74, 6) is -0.585. The summed E-state index contributed by atoms with van der Waals surface area (Å²) < 4.78 is 0. The maximum atomic E-state index is 11.7. The van der Waals surface area contributed by atoms with Gasteiger partial charge in [-0.2, -0.15) is 5.26 Å². The molecule has 0 aromatic carbocycles. The van der Waals surface area contributed by atoms with Gasteiger partial charge in [-0.1, -0.05) is 12.8 Å². The Kier molecular flexibility index (Phi) is 4.58. The Hall–Kier alpha value is -1.77. The van der Waals surface area contributed by atoms with Crippen LogP contribution in [0.5, 0.6) is 0 Å². The van der Waals surface area contributed by atoms with Crippen LogP contribution in [0.15, 0.2) is 0 Å². The summed E-state index contributed by atoms with van der Waals surface area (Å²) in [7, 11) is 0. The number of hydrogen-bond acceptors (Lipinski definition) is 3. The van der Waals surface area contributed by atoms with Crippen LogP contribution in [0.25, 0.3) is 0 Å². The second-order valence-electron chi connectivity index (χ2n) is 3.82. The van der Waals surface area contributed by atoms with Crippen molar-refractivity contribution in [3.05, 3.63) is 0 Å². The van der Waals surface area contributed by atoms with Crippen LogP contribution in [0.2, 0.25) is 0 Å². The molecular weight excluding hydrogens is 210 g/mol. The molecule has 0 spiro atoms. The molecule has 1 aliphatic carbocycles. The zero-order valence-corrected chi connectivity index (χ0v) is 8.90. The van der Waals surface area contributed by atoms with Crippen molar-refractivity contribution in [1.29, 1.82) is 5.26 Å². The lowest BCUT2D eigenvalue weighted by atomic mass is 9.84. The molecule has 0 bridgehead atoms. The number of carboxylic acid groups (broad SMARTS) is 1. The molecule has 0 aromatic heterocycles. The third kappa shape index (κ3) is 3.42. The van der Waals surface area contributed by atoms with Crippen molar-refractivity contribution in [2.24, 2.45) is 5.92 Å². The molecule has 6 heteroatoms. The molecule has 1 rings (SSSR count). The molecule has 2 amide bonds. The van der Waals surface area contributed by atoms with Gasteiger partial charge in [0.05, 0.1) is 12.0 Å². The van der Waals surface area contributed by atoms with Gasteiger partial charge in [0.1, 0.15) is 6.54 Å². The second-order valence-corrected chi connectivity index (χ2v) is 3.82. The molecule has 16 heavy (non-hydrogen) atoms. The molecule has 1 aliphatic rings. The van der Waals surface area contributed by atoms with Crippen LogP contribution in [-0.2, 0) is 4.79 Å². The number of carbonyl (C=O) groups is 2. The summed E-state index contributed by atoms with van der Waals surface area (Å²) >= 11 is 0. The number of nitriles is 1. The SMILES string of the molecule is N#CCNC(=O)[C@@H]1CCCC[C@@H]1NC(=O)O. The molecule has 2 atom stereocenters. The lowest BCUT2D eigenvalue weighted by molar-refractivity contribution is -0.126. The first-order valence-corrected chi connectivity index (χ1v) is 5.29. The van der Waals surface area contributed by atoms with E-state index >= 15 is 0 Å². The lowest BCUT2D eigenvalue weighted by Gasteiger charge is -2.29. The van der Waals surface area contributed by atoms with E-state index in [0.717, 1.165) is 12.8 Å². The fourth-order valence-corrected chi connectivity index (χ4v) is 2.03. The highest BCUT2D eigenvalue weighted by atomic mass is 16.4. The molecule has 0 saturated heterocycles. The molecular formula is C10H15N3O3. The average Bonchev–Trinajstić information content (AvgIpc) is 2.26. The van der Waals surface area contributed by atoms with Gasteiger partial charge >= 0.3 is 6.09 Å². The van der Waals surface area contributed by atoms with Crippen molar-refractivity contribution in [1.82, 2.24) is 10.6 Å². The van der Waals surface area contributed by atoms with E-state index in [1.165, 1.54) is 0 Å². The van der Waals surface area contributed by atoms with Crippen molar-refractivity contribution in [3.63, 3.8) is 0 Å². The minimum absolute atomic E-state index is 0.0326. The molecule has 1 fully saturated rings. The highest BCUT2D eigenvalue weighted by Crippen LogP contribution is 2.24. The summed E-state index contributed by atoms with van der Waals surface area (Å²) in [5, 5.41) is 21.8. The second kappa shape index (κ2) is 5.95. The molecule has 0 radical (unpaired) electrons. The van der Waals surface area contributed by atoms with E-state index < -0.39 is 6.09 Å². The quantitative estimate of drug-likeness (QED) is 0.607. The average molecular weight is 225 g/mol. The van der Waals surface area contributed by atoms with E-state index in [4.69, 9.17) is 10.4 Å². The van der Waals surface area contributed by atoms with Crippen LogP contribution in [0.1, 0.15) is 25.7 Å². The van der Waals surface area contributed by atoms with Crippen LogP contribution < -0.4 is 10.6 Å². The molecule has 1 saturated carbocycles. The van der Waals surface area contributed by atoms with Crippen LogP contribution in [0.3, 0.4) is 0 Å². The summed E-state index contributed by atoms with van der Waals surface area (Å²) in [6.07, 6.45) is 2.08. The molecule has 0 heterocycles. The first kappa shape index (κ1) is 12.3. The standard InChI is InChI=1S/C10H15N3O3/c11-5-6-12-9(14)7-3-1-2-4-8(7)13-10(15)16/h7-8,13H,1-4,6H2,(H,12,14)(H,15,16)/t7-,8+/m1/s1. The Bertz CT molecular complexity index is 311. The summed E-state index contributed by atoms with van der Waals surface area (Å²) in [6, 6.07) is 1.50.